The van der Waals surface area contributed by atoms with Crippen LogP contribution >= 0.6 is 47.2 Å². The number of carbonyl (C=O) groups excluding carboxylic acids is 1. The van der Waals surface area contributed by atoms with E-state index in [9.17, 15) is 4.79 Å². The van der Waals surface area contributed by atoms with Crippen molar-refractivity contribution in [3.63, 3.8) is 0 Å². The predicted molar refractivity (Wildman–Crippen MR) is 120 cm³/mol. The lowest BCUT2D eigenvalue weighted by Gasteiger charge is -2.11. The van der Waals surface area contributed by atoms with E-state index in [1.165, 1.54) is 23.9 Å². The molecule has 1 aromatic carbocycles. The average molecular weight is 468 g/mol. The molecule has 2 heterocycles. The molecule has 29 heavy (non-hydrogen) atoms. The van der Waals surface area contributed by atoms with Gasteiger partial charge in [-0.2, -0.15) is 0 Å². The number of nitrogens with one attached hydrogen (secondary N) is 2. The lowest BCUT2D eigenvalue weighted by Crippen LogP contribution is -2.37. The second-order valence-corrected chi connectivity index (χ2v) is 7.68. The number of thiocarbonyl (C=S) groups is 1. The highest BCUT2D eigenvalue weighted by molar-refractivity contribution is 7.98. The van der Waals surface area contributed by atoms with E-state index >= 15 is 0 Å². The van der Waals surface area contributed by atoms with E-state index in [2.05, 4.69) is 20.9 Å². The molecule has 0 atom stereocenters. The van der Waals surface area contributed by atoms with Gasteiger partial charge in [0, 0.05) is 16.7 Å². The van der Waals surface area contributed by atoms with Crippen LogP contribution in [0.15, 0.2) is 46.0 Å². The van der Waals surface area contributed by atoms with Crippen molar-refractivity contribution in [2.45, 2.75) is 12.1 Å². The number of rotatable bonds is 5. The topological polar surface area (TPSA) is 85.0 Å². The van der Waals surface area contributed by atoms with E-state index < -0.39 is 5.91 Å². The Balaban J connectivity index is 1.61. The van der Waals surface area contributed by atoms with Crippen molar-refractivity contribution < 1.29 is 9.21 Å². The van der Waals surface area contributed by atoms with Gasteiger partial charge in [-0.05, 0) is 61.8 Å². The largest absolute Gasteiger partial charge is 0.457 e. The maximum absolute atomic E-state index is 12.1. The average Bonchev–Trinajstić information content (AvgIpc) is 3.27. The summed E-state index contributed by atoms with van der Waals surface area (Å²) in [5, 5.41) is 12.2. The van der Waals surface area contributed by atoms with Crippen molar-refractivity contribution in [3.05, 3.63) is 58.0 Å². The molecule has 0 saturated carbocycles. The number of carbonyl (C=O) groups is 1. The number of hydrogen-bond acceptors (Lipinski definition) is 6. The molecular formula is C18H15Cl2N5O2S2. The highest BCUT2D eigenvalue weighted by Gasteiger charge is 2.11. The van der Waals surface area contributed by atoms with Crippen LogP contribution in [0.25, 0.3) is 17.4 Å². The lowest BCUT2D eigenvalue weighted by atomic mass is 10.2. The molecule has 0 radical (unpaired) electrons. The van der Waals surface area contributed by atoms with Crippen LogP contribution in [-0.4, -0.2) is 32.1 Å². The number of aromatic nitrogens is 3. The number of nitrogens with zero attached hydrogens (tertiary/aromatic N) is 3. The zero-order valence-electron chi connectivity index (χ0n) is 15.3. The van der Waals surface area contributed by atoms with Gasteiger partial charge in [-0.1, -0.05) is 35.0 Å². The maximum atomic E-state index is 12.1. The van der Waals surface area contributed by atoms with E-state index in [4.69, 9.17) is 39.8 Å². The van der Waals surface area contributed by atoms with E-state index in [0.717, 1.165) is 0 Å². The van der Waals surface area contributed by atoms with E-state index in [1.807, 2.05) is 6.26 Å². The molecule has 0 fully saturated rings. The van der Waals surface area contributed by atoms with Crippen LogP contribution < -0.4 is 10.7 Å². The number of hydrogen-bond donors (Lipinski definition) is 2. The second kappa shape index (κ2) is 9.45. The molecular weight excluding hydrogens is 453 g/mol. The van der Waals surface area contributed by atoms with Crippen LogP contribution in [0.3, 0.4) is 0 Å². The Kier molecular flexibility index (Phi) is 6.96. The fourth-order valence-corrected chi connectivity index (χ4v) is 3.50. The minimum Gasteiger partial charge on any atom is -0.457 e. The molecule has 0 bridgehead atoms. The summed E-state index contributed by atoms with van der Waals surface area (Å²) < 4.78 is 7.30. The first-order valence-electron chi connectivity index (χ1n) is 8.18. The second-order valence-electron chi connectivity index (χ2n) is 5.66. The number of halogens is 2. The van der Waals surface area contributed by atoms with E-state index in [0.29, 0.717) is 38.1 Å². The van der Waals surface area contributed by atoms with Crippen LogP contribution in [-0.2, 0) is 4.79 Å². The van der Waals surface area contributed by atoms with Gasteiger partial charge in [0.25, 0.3) is 0 Å². The third kappa shape index (κ3) is 5.39. The number of thioether (sulfide) groups is 1. The van der Waals surface area contributed by atoms with Crippen LogP contribution in [0, 0.1) is 6.92 Å². The monoisotopic (exact) mass is 467 g/mol. The van der Waals surface area contributed by atoms with Crippen molar-refractivity contribution in [2.75, 3.05) is 11.7 Å². The van der Waals surface area contributed by atoms with Crippen LogP contribution in [0.5, 0.6) is 0 Å². The van der Waals surface area contributed by atoms with Crippen LogP contribution in [0.1, 0.15) is 11.6 Å². The molecule has 0 aliphatic rings. The van der Waals surface area contributed by atoms with Crippen LogP contribution in [0.4, 0.5) is 0 Å². The quantitative estimate of drug-likeness (QED) is 0.323. The molecule has 3 aromatic rings. The third-order valence-corrected chi connectivity index (χ3v) is 5.02. The summed E-state index contributed by atoms with van der Waals surface area (Å²) in [6.07, 6.45) is 4.71. The Morgan fingerprint density at radius 1 is 1.28 bits per heavy atom. The number of aryl methyl sites for hydroxylation is 1. The van der Waals surface area contributed by atoms with Crippen LogP contribution in [0.2, 0.25) is 10.0 Å². The fraction of sp³-hybridized carbons (Fsp3) is 0.111. The van der Waals surface area contributed by atoms with Crippen molar-refractivity contribution in [3.8, 4) is 11.3 Å². The van der Waals surface area contributed by atoms with Gasteiger partial charge in [0.05, 0.1) is 5.02 Å². The SMILES string of the molecule is CSc1nnc(C)n1NC(=S)NC(=O)/C=C/c1ccc(-c2ccc(Cl)cc2Cl)o1. The molecule has 1 amide bonds. The molecule has 2 aromatic heterocycles. The molecule has 0 aliphatic carbocycles. The van der Waals surface area contributed by atoms with Gasteiger partial charge >= 0.3 is 0 Å². The first-order chi connectivity index (χ1) is 13.9. The van der Waals surface area contributed by atoms with Crippen molar-refractivity contribution in [1.82, 2.24) is 20.2 Å². The standard InChI is InChI=1S/C18H15Cl2N5O2S2/c1-10-22-23-18(29-2)25(10)24-17(28)21-16(26)8-5-12-4-7-15(27-12)13-6-3-11(19)9-14(13)20/h3-9H,1-2H3,(H2,21,24,26,28)/b8-5+. The predicted octanol–water partition coefficient (Wildman–Crippen LogP) is 4.53. The Bertz CT molecular complexity index is 1090. The minimum atomic E-state index is -0.415. The lowest BCUT2D eigenvalue weighted by molar-refractivity contribution is -0.115. The molecule has 0 aliphatic heterocycles. The highest BCUT2D eigenvalue weighted by Crippen LogP contribution is 2.31. The zero-order valence-corrected chi connectivity index (χ0v) is 18.4. The Morgan fingerprint density at radius 3 is 2.79 bits per heavy atom. The minimum absolute atomic E-state index is 0.117. The summed E-state index contributed by atoms with van der Waals surface area (Å²) in [5.41, 5.74) is 3.57. The molecule has 0 saturated heterocycles. The molecule has 3 rings (SSSR count). The highest BCUT2D eigenvalue weighted by atomic mass is 35.5. The summed E-state index contributed by atoms with van der Waals surface area (Å²) >= 11 is 18.7. The van der Waals surface area contributed by atoms with Gasteiger partial charge < -0.3 is 4.42 Å². The molecule has 7 nitrogen and oxygen atoms in total. The Morgan fingerprint density at radius 2 is 2.07 bits per heavy atom. The van der Waals surface area contributed by atoms with Gasteiger partial charge in [0.2, 0.25) is 11.1 Å². The normalized spacial score (nSPS) is 11.0. The fourth-order valence-electron chi connectivity index (χ4n) is 2.32. The smallest absolute Gasteiger partial charge is 0.250 e. The first kappa shape index (κ1) is 21.4. The van der Waals surface area contributed by atoms with Crippen molar-refractivity contribution >= 4 is 64.3 Å². The summed E-state index contributed by atoms with van der Waals surface area (Å²) in [5.74, 6) is 1.25. The van der Waals surface area contributed by atoms with E-state index in [-0.39, 0.29) is 5.11 Å². The van der Waals surface area contributed by atoms with Gasteiger partial charge in [-0.25, -0.2) is 4.68 Å². The number of furan rings is 1. The Hall–Kier alpha value is -2.33. The summed E-state index contributed by atoms with van der Waals surface area (Å²) in [4.78, 5) is 12.1. The third-order valence-electron chi connectivity index (χ3n) is 3.65. The van der Waals surface area contributed by atoms with E-state index in [1.54, 1.807) is 41.9 Å². The molecule has 0 spiro atoms. The first-order valence-corrected chi connectivity index (χ1v) is 10.6. The van der Waals surface area contributed by atoms with Gasteiger partial charge in [-0.15, -0.1) is 10.2 Å². The summed E-state index contributed by atoms with van der Waals surface area (Å²) in [6, 6.07) is 8.62. The van der Waals surface area contributed by atoms with Gasteiger partial charge in [-0.3, -0.25) is 15.5 Å². The molecule has 11 heteroatoms. The summed E-state index contributed by atoms with van der Waals surface area (Å²) in [6.45, 7) is 1.77. The Labute approximate surface area is 186 Å². The summed E-state index contributed by atoms with van der Waals surface area (Å²) in [7, 11) is 0. The maximum Gasteiger partial charge on any atom is 0.250 e. The van der Waals surface area contributed by atoms with Gasteiger partial charge in [0.15, 0.2) is 5.11 Å². The molecule has 2 N–H and O–H groups in total. The van der Waals surface area contributed by atoms with Crippen molar-refractivity contribution in [2.24, 2.45) is 0 Å². The number of benzene rings is 1. The molecule has 0 unspecified atom stereocenters. The molecule has 150 valence electrons. The van der Waals surface area contributed by atoms with Gasteiger partial charge in [0.1, 0.15) is 17.3 Å². The van der Waals surface area contributed by atoms with Crippen molar-refractivity contribution in [1.29, 1.82) is 0 Å². The zero-order chi connectivity index (χ0) is 21.0. The number of amides is 1.